The topological polar surface area (TPSA) is 93.7 Å². The number of carbonyl (C=O) groups excluding carboxylic acids is 1. The Morgan fingerprint density at radius 3 is 2.77 bits per heavy atom. The van der Waals surface area contributed by atoms with E-state index in [1.165, 1.54) is 6.07 Å². The largest absolute Gasteiger partial charge is 0.454 e. The van der Waals surface area contributed by atoms with Gasteiger partial charge in [-0.15, -0.1) is 0 Å². The van der Waals surface area contributed by atoms with E-state index in [2.05, 4.69) is 10.0 Å². The maximum atomic E-state index is 12.6. The quantitative estimate of drug-likeness (QED) is 0.855. The number of amides is 1. The zero-order chi connectivity index (χ0) is 18.1. The number of anilines is 1. The van der Waals surface area contributed by atoms with Crippen LogP contribution in [-0.4, -0.2) is 21.1 Å². The van der Waals surface area contributed by atoms with Crippen molar-refractivity contribution in [2.75, 3.05) is 12.1 Å². The molecule has 0 saturated heterocycles. The summed E-state index contributed by atoms with van der Waals surface area (Å²) in [5, 5.41) is 2.80. The average molecular weight is 374 g/mol. The monoisotopic (exact) mass is 374 g/mol. The molecule has 1 amide bonds. The van der Waals surface area contributed by atoms with Crippen molar-refractivity contribution in [3.05, 3.63) is 47.5 Å². The maximum Gasteiger partial charge on any atom is 0.240 e. The highest BCUT2D eigenvalue weighted by Gasteiger charge is 2.19. The minimum atomic E-state index is -3.67. The molecule has 26 heavy (non-hydrogen) atoms. The number of hydrogen-bond donors (Lipinski definition) is 2. The van der Waals surface area contributed by atoms with Crippen molar-refractivity contribution in [3.63, 3.8) is 0 Å². The summed E-state index contributed by atoms with van der Waals surface area (Å²) >= 11 is 0. The molecule has 0 spiro atoms. The Hall–Kier alpha value is -2.58. The SMILES string of the molecule is O=C1CCCc2cc(S(=O)(=O)NCc3ccc4c(c3)OCO4)ccc2N1. The van der Waals surface area contributed by atoms with Crippen molar-refractivity contribution < 1.29 is 22.7 Å². The normalized spacial score (nSPS) is 15.9. The lowest BCUT2D eigenvalue weighted by atomic mass is 10.1. The summed E-state index contributed by atoms with van der Waals surface area (Å²) in [4.78, 5) is 11.8. The van der Waals surface area contributed by atoms with Gasteiger partial charge in [-0.2, -0.15) is 0 Å². The molecule has 2 N–H and O–H groups in total. The molecule has 2 aromatic rings. The van der Waals surface area contributed by atoms with E-state index >= 15 is 0 Å². The van der Waals surface area contributed by atoms with Crippen molar-refractivity contribution in [2.45, 2.75) is 30.7 Å². The molecular formula is C18H18N2O5S. The minimum absolute atomic E-state index is 0.0414. The summed E-state index contributed by atoms with van der Waals surface area (Å²) in [5.74, 6) is 1.23. The Morgan fingerprint density at radius 1 is 1.04 bits per heavy atom. The van der Waals surface area contributed by atoms with Gasteiger partial charge in [-0.05, 0) is 54.3 Å². The zero-order valence-corrected chi connectivity index (χ0v) is 14.8. The lowest BCUT2D eigenvalue weighted by molar-refractivity contribution is -0.116. The third kappa shape index (κ3) is 3.38. The van der Waals surface area contributed by atoms with Crippen LogP contribution in [0.2, 0.25) is 0 Å². The van der Waals surface area contributed by atoms with Crippen molar-refractivity contribution in [3.8, 4) is 11.5 Å². The van der Waals surface area contributed by atoms with Crippen molar-refractivity contribution in [1.29, 1.82) is 0 Å². The van der Waals surface area contributed by atoms with E-state index in [1.54, 1.807) is 30.3 Å². The number of ether oxygens (including phenoxy) is 2. The number of nitrogens with one attached hydrogen (secondary N) is 2. The smallest absolute Gasteiger partial charge is 0.240 e. The summed E-state index contributed by atoms with van der Waals surface area (Å²) in [6.07, 6.45) is 1.81. The number of fused-ring (bicyclic) bond motifs is 2. The molecule has 2 aromatic carbocycles. The Bertz CT molecular complexity index is 972. The number of benzene rings is 2. The highest BCUT2D eigenvalue weighted by molar-refractivity contribution is 7.89. The number of rotatable bonds is 4. The molecule has 0 bridgehead atoms. The Balaban J connectivity index is 1.51. The van der Waals surface area contributed by atoms with Gasteiger partial charge in [-0.1, -0.05) is 6.07 Å². The van der Waals surface area contributed by atoms with E-state index < -0.39 is 10.0 Å². The van der Waals surface area contributed by atoms with E-state index in [0.717, 1.165) is 11.1 Å². The first-order chi connectivity index (χ1) is 12.5. The molecule has 8 heteroatoms. The van der Waals surface area contributed by atoms with E-state index in [4.69, 9.17) is 9.47 Å². The second-order valence-corrected chi connectivity index (χ2v) is 8.00. The van der Waals surface area contributed by atoms with Crippen LogP contribution in [0, 0.1) is 0 Å². The van der Waals surface area contributed by atoms with Crippen molar-refractivity contribution in [1.82, 2.24) is 4.72 Å². The Labute approximate surface area is 151 Å². The number of aryl methyl sites for hydroxylation is 1. The summed E-state index contributed by atoms with van der Waals surface area (Å²) in [6.45, 7) is 0.322. The maximum absolute atomic E-state index is 12.6. The van der Waals surface area contributed by atoms with Gasteiger partial charge in [0.2, 0.25) is 22.7 Å². The first-order valence-corrected chi connectivity index (χ1v) is 9.80. The molecule has 7 nitrogen and oxygen atoms in total. The van der Waals surface area contributed by atoms with Crippen LogP contribution >= 0.6 is 0 Å². The lowest BCUT2D eigenvalue weighted by Gasteiger charge is -2.11. The number of carbonyl (C=O) groups is 1. The summed E-state index contributed by atoms with van der Waals surface area (Å²) < 4.78 is 38.4. The first kappa shape index (κ1) is 16.9. The third-order valence-electron chi connectivity index (χ3n) is 4.41. The predicted molar refractivity (Wildman–Crippen MR) is 94.6 cm³/mol. The van der Waals surface area contributed by atoms with E-state index in [0.29, 0.717) is 36.4 Å². The zero-order valence-electron chi connectivity index (χ0n) is 13.9. The van der Waals surface area contributed by atoms with Gasteiger partial charge >= 0.3 is 0 Å². The van der Waals surface area contributed by atoms with Crippen LogP contribution in [-0.2, 0) is 27.8 Å². The molecule has 0 unspecified atom stereocenters. The molecule has 4 rings (SSSR count). The molecule has 0 fully saturated rings. The van der Waals surface area contributed by atoms with Gasteiger partial charge in [0.15, 0.2) is 11.5 Å². The van der Waals surface area contributed by atoms with E-state index in [1.807, 2.05) is 0 Å². The number of sulfonamides is 1. The molecule has 0 radical (unpaired) electrons. The van der Waals surface area contributed by atoms with Crippen molar-refractivity contribution >= 4 is 21.6 Å². The van der Waals surface area contributed by atoms with Gasteiger partial charge < -0.3 is 14.8 Å². The minimum Gasteiger partial charge on any atom is -0.454 e. The van der Waals surface area contributed by atoms with Crippen LogP contribution in [0.3, 0.4) is 0 Å². The van der Waals surface area contributed by atoms with Gasteiger partial charge in [0.05, 0.1) is 4.90 Å². The van der Waals surface area contributed by atoms with E-state index in [-0.39, 0.29) is 24.1 Å². The molecular weight excluding hydrogens is 356 g/mol. The van der Waals surface area contributed by atoms with Crippen LogP contribution in [0.25, 0.3) is 0 Å². The predicted octanol–water partition coefficient (Wildman–Crippen LogP) is 2.17. The van der Waals surface area contributed by atoms with Gasteiger partial charge in [-0.25, -0.2) is 13.1 Å². The average Bonchev–Trinajstić information content (AvgIpc) is 3.00. The van der Waals surface area contributed by atoms with E-state index in [9.17, 15) is 13.2 Å². The van der Waals surface area contributed by atoms with Crippen LogP contribution in [0.1, 0.15) is 24.0 Å². The molecule has 0 saturated carbocycles. The molecule has 136 valence electrons. The fraction of sp³-hybridized carbons (Fsp3) is 0.278. The Morgan fingerprint density at radius 2 is 1.88 bits per heavy atom. The van der Waals surface area contributed by atoms with Crippen molar-refractivity contribution in [2.24, 2.45) is 0 Å². The number of hydrogen-bond acceptors (Lipinski definition) is 5. The van der Waals surface area contributed by atoms with Crippen LogP contribution in [0.4, 0.5) is 5.69 Å². The van der Waals surface area contributed by atoms with Gasteiger partial charge in [0.25, 0.3) is 0 Å². The van der Waals surface area contributed by atoms with Gasteiger partial charge in [0.1, 0.15) is 0 Å². The molecule has 0 aliphatic carbocycles. The highest BCUT2D eigenvalue weighted by atomic mass is 32.2. The second-order valence-electron chi connectivity index (χ2n) is 6.23. The fourth-order valence-electron chi connectivity index (χ4n) is 3.03. The standard InChI is InChI=1S/C18H18N2O5S/c21-18-3-1-2-13-9-14(5-6-15(13)20-18)26(22,23)19-10-12-4-7-16-17(8-12)25-11-24-16/h4-9,19H,1-3,10-11H2,(H,20,21). The second kappa shape index (κ2) is 6.62. The molecule has 0 atom stereocenters. The summed E-state index contributed by atoms with van der Waals surface area (Å²) in [5.41, 5.74) is 2.30. The molecule has 2 heterocycles. The third-order valence-corrected chi connectivity index (χ3v) is 5.81. The van der Waals surface area contributed by atoms with Gasteiger partial charge in [-0.3, -0.25) is 4.79 Å². The molecule has 2 aliphatic rings. The Kier molecular flexibility index (Phi) is 4.29. The molecule has 2 aliphatic heterocycles. The fourth-order valence-corrected chi connectivity index (χ4v) is 4.10. The van der Waals surface area contributed by atoms with Crippen LogP contribution in [0.15, 0.2) is 41.3 Å². The summed E-state index contributed by atoms with van der Waals surface area (Å²) in [6, 6.07) is 10.1. The lowest BCUT2D eigenvalue weighted by Crippen LogP contribution is -2.23. The molecule has 0 aromatic heterocycles. The first-order valence-electron chi connectivity index (χ1n) is 8.32. The summed E-state index contributed by atoms with van der Waals surface area (Å²) in [7, 11) is -3.67. The van der Waals surface area contributed by atoms with Crippen LogP contribution < -0.4 is 19.5 Å². The van der Waals surface area contributed by atoms with Gasteiger partial charge in [0, 0.05) is 18.7 Å². The van der Waals surface area contributed by atoms with Crippen LogP contribution in [0.5, 0.6) is 11.5 Å². The highest BCUT2D eigenvalue weighted by Crippen LogP contribution is 2.32.